The third-order valence-corrected chi connectivity index (χ3v) is 4.73. The molecule has 0 bridgehead atoms. The molecule has 0 radical (unpaired) electrons. The number of carbonyl (C=O) groups excluding carboxylic acids is 1. The highest BCUT2D eigenvalue weighted by Gasteiger charge is 2.25. The van der Waals surface area contributed by atoms with Crippen LogP contribution in [-0.4, -0.2) is 48.2 Å². The lowest BCUT2D eigenvalue weighted by atomic mass is 10.1. The highest BCUT2D eigenvalue weighted by Crippen LogP contribution is 2.21. The fourth-order valence-corrected chi connectivity index (χ4v) is 3.35. The van der Waals surface area contributed by atoms with E-state index in [1.807, 2.05) is 12.1 Å². The first-order chi connectivity index (χ1) is 13.2. The second-order valence-corrected chi connectivity index (χ2v) is 6.41. The molecule has 1 fully saturated rings. The Labute approximate surface area is 155 Å². The number of nitrogens with zero attached hydrogens (tertiary/aromatic N) is 2. The normalized spacial score (nSPS) is 16.4. The van der Waals surface area contributed by atoms with Crippen LogP contribution in [0.3, 0.4) is 0 Å². The van der Waals surface area contributed by atoms with Crippen molar-refractivity contribution in [3.8, 4) is 0 Å². The maximum absolute atomic E-state index is 12.5. The average molecular weight is 371 g/mol. The third kappa shape index (κ3) is 3.81. The molecular weight excluding hydrogens is 350 g/mol. The molecule has 1 aliphatic heterocycles. The molecule has 1 atom stereocenters. The predicted octanol–water partition coefficient (Wildman–Crippen LogP) is 1.38. The number of aromatic nitrogens is 1. The monoisotopic (exact) mass is 371 g/mol. The zero-order valence-electron chi connectivity index (χ0n) is 14.8. The summed E-state index contributed by atoms with van der Waals surface area (Å²) in [6.45, 7) is 3.14. The number of fused-ring (bicyclic) bond motifs is 1. The number of rotatable bonds is 6. The minimum Gasteiger partial charge on any atom is -0.468 e. The Morgan fingerprint density at radius 2 is 1.96 bits per heavy atom. The van der Waals surface area contributed by atoms with Gasteiger partial charge in [0.1, 0.15) is 12.3 Å². The summed E-state index contributed by atoms with van der Waals surface area (Å²) in [7, 11) is 0. The van der Waals surface area contributed by atoms with E-state index < -0.39 is 5.76 Å². The van der Waals surface area contributed by atoms with Crippen LogP contribution >= 0.6 is 0 Å². The minimum atomic E-state index is -0.540. The molecule has 1 aliphatic rings. The average Bonchev–Trinajstić information content (AvgIpc) is 3.32. The lowest BCUT2D eigenvalue weighted by molar-refractivity contribution is -0.122. The smallest absolute Gasteiger partial charge is 0.420 e. The molecule has 27 heavy (non-hydrogen) atoms. The molecule has 1 amide bonds. The largest absolute Gasteiger partial charge is 0.468 e. The van der Waals surface area contributed by atoms with Gasteiger partial charge in [-0.15, -0.1) is 0 Å². The van der Waals surface area contributed by atoms with Crippen molar-refractivity contribution in [2.75, 3.05) is 32.8 Å². The number of hydrogen-bond donors (Lipinski definition) is 1. The molecule has 142 valence electrons. The standard InChI is InChI=1S/C19H21N3O5/c23-18(13-22-14-4-1-2-5-17(14)27-19(22)24)20-12-15(16-6-3-9-26-16)21-7-10-25-11-8-21/h1-6,9,15H,7-8,10-13H2,(H,20,23). The number of benzene rings is 1. The van der Waals surface area contributed by atoms with E-state index >= 15 is 0 Å². The summed E-state index contributed by atoms with van der Waals surface area (Å²) < 4.78 is 17.5. The Bertz CT molecular complexity index is 953. The molecule has 1 N–H and O–H groups in total. The van der Waals surface area contributed by atoms with Crippen LogP contribution in [0.4, 0.5) is 0 Å². The lowest BCUT2D eigenvalue weighted by Gasteiger charge is -2.33. The molecule has 1 unspecified atom stereocenters. The van der Waals surface area contributed by atoms with E-state index in [1.165, 1.54) is 4.57 Å². The Hall–Kier alpha value is -2.84. The zero-order chi connectivity index (χ0) is 18.6. The van der Waals surface area contributed by atoms with Gasteiger partial charge in [0.15, 0.2) is 5.58 Å². The number of furan rings is 1. The summed E-state index contributed by atoms with van der Waals surface area (Å²) in [4.78, 5) is 26.7. The summed E-state index contributed by atoms with van der Waals surface area (Å²) in [5.41, 5.74) is 1.07. The van der Waals surface area contributed by atoms with Gasteiger partial charge >= 0.3 is 5.76 Å². The van der Waals surface area contributed by atoms with Gasteiger partial charge in [0.25, 0.3) is 0 Å². The zero-order valence-corrected chi connectivity index (χ0v) is 14.8. The number of oxazole rings is 1. The van der Waals surface area contributed by atoms with Gasteiger partial charge < -0.3 is 18.9 Å². The SMILES string of the molecule is O=C(Cn1c(=O)oc2ccccc21)NCC(c1ccco1)N1CCOCC1. The number of nitrogens with one attached hydrogen (secondary N) is 1. The molecule has 4 rings (SSSR count). The Balaban J connectivity index is 1.45. The lowest BCUT2D eigenvalue weighted by Crippen LogP contribution is -2.44. The highest BCUT2D eigenvalue weighted by molar-refractivity contribution is 5.79. The Kier molecular flexibility index (Phi) is 5.08. The first-order valence-electron chi connectivity index (χ1n) is 8.92. The van der Waals surface area contributed by atoms with Crippen molar-refractivity contribution in [1.82, 2.24) is 14.8 Å². The molecule has 0 saturated carbocycles. The van der Waals surface area contributed by atoms with E-state index in [0.29, 0.717) is 30.9 Å². The molecule has 0 aliphatic carbocycles. The van der Waals surface area contributed by atoms with Crippen LogP contribution in [0.2, 0.25) is 0 Å². The minimum absolute atomic E-state index is 0.0781. The summed E-state index contributed by atoms with van der Waals surface area (Å²) in [5, 5.41) is 2.92. The number of morpholine rings is 1. The van der Waals surface area contributed by atoms with Crippen molar-refractivity contribution < 1.29 is 18.4 Å². The molecular formula is C19H21N3O5. The molecule has 1 saturated heterocycles. The quantitative estimate of drug-likeness (QED) is 0.704. The van der Waals surface area contributed by atoms with Crippen molar-refractivity contribution in [3.63, 3.8) is 0 Å². The van der Waals surface area contributed by atoms with E-state index in [9.17, 15) is 9.59 Å². The molecule has 8 heteroatoms. The van der Waals surface area contributed by atoms with Crippen molar-refractivity contribution in [2.45, 2.75) is 12.6 Å². The first kappa shape index (κ1) is 17.6. The van der Waals surface area contributed by atoms with E-state index in [2.05, 4.69) is 10.2 Å². The maximum atomic E-state index is 12.5. The van der Waals surface area contributed by atoms with Gasteiger partial charge in [0.05, 0.1) is 31.0 Å². The van der Waals surface area contributed by atoms with E-state index in [4.69, 9.17) is 13.6 Å². The second-order valence-electron chi connectivity index (χ2n) is 6.41. The van der Waals surface area contributed by atoms with Gasteiger partial charge in [-0.2, -0.15) is 0 Å². The van der Waals surface area contributed by atoms with Crippen molar-refractivity contribution >= 4 is 17.0 Å². The summed E-state index contributed by atoms with van der Waals surface area (Å²) in [6.07, 6.45) is 1.63. The summed E-state index contributed by atoms with van der Waals surface area (Å²) in [6, 6.07) is 10.7. The van der Waals surface area contributed by atoms with Crippen LogP contribution in [0.15, 0.2) is 56.3 Å². The van der Waals surface area contributed by atoms with Gasteiger partial charge in [-0.1, -0.05) is 12.1 Å². The Morgan fingerprint density at radius 3 is 2.74 bits per heavy atom. The van der Waals surface area contributed by atoms with Crippen LogP contribution < -0.4 is 11.1 Å². The molecule has 2 aromatic heterocycles. The molecule has 1 aromatic carbocycles. The molecule has 3 heterocycles. The topological polar surface area (TPSA) is 89.8 Å². The van der Waals surface area contributed by atoms with Gasteiger partial charge in [0, 0.05) is 19.6 Å². The van der Waals surface area contributed by atoms with Crippen molar-refractivity contribution in [3.05, 3.63) is 59.0 Å². The fraction of sp³-hybridized carbons (Fsp3) is 0.368. The van der Waals surface area contributed by atoms with Crippen LogP contribution in [0, 0.1) is 0 Å². The van der Waals surface area contributed by atoms with Crippen LogP contribution in [0.5, 0.6) is 0 Å². The predicted molar refractivity (Wildman–Crippen MR) is 97.3 cm³/mol. The van der Waals surface area contributed by atoms with Gasteiger partial charge in [-0.05, 0) is 24.3 Å². The number of amides is 1. The first-order valence-corrected chi connectivity index (χ1v) is 8.92. The van der Waals surface area contributed by atoms with Crippen LogP contribution in [0.25, 0.3) is 11.1 Å². The van der Waals surface area contributed by atoms with Gasteiger partial charge in [0.2, 0.25) is 5.91 Å². The van der Waals surface area contributed by atoms with Crippen molar-refractivity contribution in [2.24, 2.45) is 0 Å². The number of para-hydroxylation sites is 2. The molecule has 0 spiro atoms. The van der Waals surface area contributed by atoms with E-state index in [0.717, 1.165) is 18.8 Å². The van der Waals surface area contributed by atoms with E-state index in [-0.39, 0.29) is 18.5 Å². The second kappa shape index (κ2) is 7.81. The Morgan fingerprint density at radius 1 is 1.15 bits per heavy atom. The number of carbonyl (C=O) groups is 1. The molecule has 3 aromatic rings. The van der Waals surface area contributed by atoms with Crippen molar-refractivity contribution in [1.29, 1.82) is 0 Å². The van der Waals surface area contributed by atoms with Gasteiger partial charge in [-0.25, -0.2) is 4.79 Å². The van der Waals surface area contributed by atoms with Crippen LogP contribution in [-0.2, 0) is 16.1 Å². The van der Waals surface area contributed by atoms with E-state index in [1.54, 1.807) is 30.5 Å². The number of hydrogen-bond acceptors (Lipinski definition) is 6. The molecule has 8 nitrogen and oxygen atoms in total. The van der Waals surface area contributed by atoms with Crippen LogP contribution in [0.1, 0.15) is 11.8 Å². The maximum Gasteiger partial charge on any atom is 0.420 e. The fourth-order valence-electron chi connectivity index (χ4n) is 3.35. The summed E-state index contributed by atoms with van der Waals surface area (Å²) in [5.74, 6) is -0.00119. The highest BCUT2D eigenvalue weighted by atomic mass is 16.5. The summed E-state index contributed by atoms with van der Waals surface area (Å²) >= 11 is 0. The third-order valence-electron chi connectivity index (χ3n) is 4.73. The van der Waals surface area contributed by atoms with Gasteiger partial charge in [-0.3, -0.25) is 14.3 Å². The number of ether oxygens (including phenoxy) is 1.